The first-order valence-corrected chi connectivity index (χ1v) is 7.56. The number of hydrogen-bond acceptors (Lipinski definition) is 10. The van der Waals surface area contributed by atoms with Gasteiger partial charge in [-0.15, -0.1) is 0 Å². The Bertz CT molecular complexity index is 1350. The second-order valence-corrected chi connectivity index (χ2v) is 5.82. The Morgan fingerprint density at radius 2 is 1.30 bits per heavy atom. The zero-order valence-corrected chi connectivity index (χ0v) is 14.3. The van der Waals surface area contributed by atoms with E-state index in [1.165, 1.54) is 12.1 Å². The summed E-state index contributed by atoms with van der Waals surface area (Å²) in [5, 5.41) is 64.8. The molecule has 0 aromatic heterocycles. The summed E-state index contributed by atoms with van der Waals surface area (Å²) < 4.78 is 0. The summed E-state index contributed by atoms with van der Waals surface area (Å²) in [6.07, 6.45) is 0. The minimum absolute atomic E-state index is 0.283. The monoisotopic (exact) mass is 408 g/mol. The molecule has 14 heteroatoms. The normalized spacial score (nSPS) is 11.1. The first-order chi connectivity index (χ1) is 14.1. The van der Waals surface area contributed by atoms with Crippen LogP contribution in [0.25, 0.3) is 16.7 Å². The van der Waals surface area contributed by atoms with Crippen LogP contribution < -0.4 is 0 Å². The Morgan fingerprint density at radius 3 is 1.73 bits per heavy atom. The van der Waals surface area contributed by atoms with E-state index >= 15 is 0 Å². The first-order valence-electron chi connectivity index (χ1n) is 7.56. The van der Waals surface area contributed by atoms with E-state index in [4.69, 9.17) is 0 Å². The zero-order valence-electron chi connectivity index (χ0n) is 14.3. The molecule has 0 N–H and O–H groups in total. The third-order valence-electron chi connectivity index (χ3n) is 4.42. The summed E-state index contributed by atoms with van der Waals surface area (Å²) in [5.74, 6) is 0. The number of nitriles is 2. The summed E-state index contributed by atoms with van der Waals surface area (Å²) in [6.45, 7) is 3.58. The van der Waals surface area contributed by atoms with E-state index in [-0.39, 0.29) is 11.1 Å². The summed E-state index contributed by atoms with van der Waals surface area (Å²) in [5.41, 5.74) is -7.90. The minimum atomic E-state index is -1.16. The van der Waals surface area contributed by atoms with Crippen LogP contribution in [0.4, 0.5) is 22.7 Å². The van der Waals surface area contributed by atoms with Crippen molar-refractivity contribution in [3.8, 4) is 23.3 Å². The van der Waals surface area contributed by atoms with Crippen molar-refractivity contribution in [2.45, 2.75) is 0 Å². The van der Waals surface area contributed by atoms with E-state index in [0.717, 1.165) is 6.07 Å². The lowest BCUT2D eigenvalue weighted by atomic mass is 9.92. The lowest BCUT2D eigenvalue weighted by Crippen LogP contribution is -2.06. The summed E-state index contributed by atoms with van der Waals surface area (Å²) >= 11 is 0. The fourth-order valence-corrected chi connectivity index (χ4v) is 3.35. The molecule has 0 radical (unpaired) electrons. The van der Waals surface area contributed by atoms with Crippen molar-refractivity contribution >= 4 is 28.3 Å². The highest BCUT2D eigenvalue weighted by molar-refractivity contribution is 6.10. The van der Waals surface area contributed by atoms with Crippen LogP contribution in [0.2, 0.25) is 0 Å². The van der Waals surface area contributed by atoms with E-state index < -0.39 is 70.3 Å². The number of nitro groups is 4. The van der Waals surface area contributed by atoms with Crippen molar-refractivity contribution in [2.24, 2.45) is 0 Å². The van der Waals surface area contributed by atoms with Gasteiger partial charge in [0.2, 0.25) is 5.56 Å². The van der Waals surface area contributed by atoms with Gasteiger partial charge in [-0.25, -0.2) is 0 Å². The molecule has 0 saturated carbocycles. The number of nitro benzene ring substituents is 4. The number of non-ortho nitro benzene ring substituents is 1. The quantitative estimate of drug-likeness (QED) is 0.453. The lowest BCUT2D eigenvalue weighted by Gasteiger charge is -2.08. The third kappa shape index (κ3) is 2.42. The Hall–Kier alpha value is -5.24. The topological polar surface area (TPSA) is 220 Å². The van der Waals surface area contributed by atoms with Gasteiger partial charge in [0.25, 0.3) is 11.4 Å². The van der Waals surface area contributed by atoms with Gasteiger partial charge in [0, 0.05) is 17.2 Å². The van der Waals surface area contributed by atoms with Crippen LogP contribution in [0.5, 0.6) is 0 Å². The molecule has 30 heavy (non-hydrogen) atoms. The van der Waals surface area contributed by atoms with E-state index in [1.54, 1.807) is 0 Å². The summed E-state index contributed by atoms with van der Waals surface area (Å²) in [4.78, 5) is 41.7. The standard InChI is InChI=1S/C16H4N6O8/c1-6-8-2-7(19(23)24)3-11(20(25)26)13(8)14-12(6)9(4-17)15(21(27)28)10(5-18)16(14)22(29)30/h2-3H,1H2. The Morgan fingerprint density at radius 1 is 0.733 bits per heavy atom. The number of nitrogens with zero attached hydrogens (tertiary/aromatic N) is 6. The van der Waals surface area contributed by atoms with E-state index in [2.05, 4.69) is 6.58 Å². The highest BCUT2D eigenvalue weighted by Gasteiger charge is 2.45. The molecule has 2 aromatic rings. The van der Waals surface area contributed by atoms with Crippen molar-refractivity contribution < 1.29 is 19.7 Å². The molecule has 0 amide bonds. The zero-order chi connectivity index (χ0) is 22.5. The fourth-order valence-electron chi connectivity index (χ4n) is 3.35. The highest BCUT2D eigenvalue weighted by atomic mass is 16.6. The van der Waals surface area contributed by atoms with E-state index in [0.29, 0.717) is 6.07 Å². The van der Waals surface area contributed by atoms with Crippen LogP contribution in [-0.4, -0.2) is 19.7 Å². The SMILES string of the molecule is C=C1c2cc([N+](=O)[O-])cc([N+](=O)[O-])c2-c2c1c(C#N)c([N+](=O)[O-])c(C#N)c2[N+](=O)[O-]. The number of rotatable bonds is 4. The number of fused-ring (bicyclic) bond motifs is 3. The van der Waals surface area contributed by atoms with E-state index in [9.17, 15) is 51.0 Å². The maximum absolute atomic E-state index is 11.7. The van der Waals surface area contributed by atoms with Crippen LogP contribution in [-0.2, 0) is 0 Å². The maximum atomic E-state index is 11.7. The molecule has 0 unspecified atom stereocenters. The summed E-state index contributed by atoms with van der Waals surface area (Å²) in [6, 6.07) is 4.22. The lowest BCUT2D eigenvalue weighted by molar-refractivity contribution is -0.395. The largest absolute Gasteiger partial charge is 0.312 e. The molecule has 0 heterocycles. The molecule has 0 atom stereocenters. The Kier molecular flexibility index (Phi) is 4.18. The number of hydrogen-bond donors (Lipinski definition) is 0. The van der Waals surface area contributed by atoms with Crippen LogP contribution in [0, 0.1) is 63.1 Å². The molecule has 0 bridgehead atoms. The van der Waals surface area contributed by atoms with Gasteiger partial charge >= 0.3 is 11.4 Å². The minimum Gasteiger partial charge on any atom is -0.258 e. The van der Waals surface area contributed by atoms with Gasteiger partial charge in [0.1, 0.15) is 17.7 Å². The van der Waals surface area contributed by atoms with Crippen LogP contribution in [0.15, 0.2) is 18.7 Å². The van der Waals surface area contributed by atoms with Crippen molar-refractivity contribution in [2.75, 3.05) is 0 Å². The average molecular weight is 408 g/mol. The van der Waals surface area contributed by atoms with Crippen molar-refractivity contribution in [3.63, 3.8) is 0 Å². The molecular formula is C16H4N6O8. The fraction of sp³-hybridized carbons (Fsp3) is 0. The van der Waals surface area contributed by atoms with Crippen molar-refractivity contribution in [3.05, 3.63) is 81.4 Å². The molecule has 146 valence electrons. The van der Waals surface area contributed by atoms with Gasteiger partial charge in [-0.3, -0.25) is 40.5 Å². The molecule has 0 aliphatic heterocycles. The molecule has 0 saturated heterocycles. The second kappa shape index (κ2) is 6.43. The van der Waals surface area contributed by atoms with E-state index in [1.807, 2.05) is 0 Å². The molecule has 14 nitrogen and oxygen atoms in total. The van der Waals surface area contributed by atoms with Gasteiger partial charge in [0.05, 0.1) is 36.9 Å². The highest BCUT2D eigenvalue weighted by Crippen LogP contribution is 2.56. The van der Waals surface area contributed by atoms with Gasteiger partial charge in [-0.2, -0.15) is 10.5 Å². The van der Waals surface area contributed by atoms with Crippen LogP contribution in [0.3, 0.4) is 0 Å². The summed E-state index contributed by atoms with van der Waals surface area (Å²) in [7, 11) is 0. The van der Waals surface area contributed by atoms with Crippen LogP contribution in [0.1, 0.15) is 22.3 Å². The van der Waals surface area contributed by atoms with Crippen molar-refractivity contribution in [1.29, 1.82) is 10.5 Å². The predicted molar refractivity (Wildman–Crippen MR) is 96.1 cm³/mol. The smallest absolute Gasteiger partial charge is 0.258 e. The van der Waals surface area contributed by atoms with Gasteiger partial charge in [-0.05, 0) is 5.57 Å². The maximum Gasteiger partial charge on any atom is 0.312 e. The molecule has 1 aliphatic rings. The Balaban J connectivity index is 2.70. The molecule has 1 aliphatic carbocycles. The van der Waals surface area contributed by atoms with Crippen molar-refractivity contribution in [1.82, 2.24) is 0 Å². The van der Waals surface area contributed by atoms with Gasteiger partial charge in [-0.1, -0.05) is 6.58 Å². The molecule has 2 aromatic carbocycles. The number of benzene rings is 2. The Labute approximate surface area is 164 Å². The predicted octanol–water partition coefficient (Wildman–Crippen LogP) is 3.10. The molecule has 3 rings (SSSR count). The average Bonchev–Trinajstić information content (AvgIpc) is 2.97. The first kappa shape index (κ1) is 19.5. The third-order valence-corrected chi connectivity index (χ3v) is 4.42. The molecule has 0 fully saturated rings. The van der Waals surface area contributed by atoms with Crippen LogP contribution >= 0.6 is 0 Å². The molecule has 0 spiro atoms. The van der Waals surface area contributed by atoms with Gasteiger partial charge < -0.3 is 0 Å². The van der Waals surface area contributed by atoms with Gasteiger partial charge in [0.15, 0.2) is 0 Å². The second-order valence-electron chi connectivity index (χ2n) is 5.82. The molecular weight excluding hydrogens is 404 g/mol.